The van der Waals surface area contributed by atoms with Crippen molar-refractivity contribution in [3.05, 3.63) is 48.9 Å². The van der Waals surface area contributed by atoms with Gasteiger partial charge in [-0.15, -0.1) is 6.58 Å². The van der Waals surface area contributed by atoms with Crippen molar-refractivity contribution in [3.63, 3.8) is 0 Å². The molecular formula is C12H12NO. The van der Waals surface area contributed by atoms with Crippen LogP contribution in [0.5, 0.6) is 5.75 Å². The Balaban J connectivity index is 3.22. The Bertz CT molecular complexity index is 376. The molecule has 0 aromatic heterocycles. The maximum absolute atomic E-state index is 8.74. The Morgan fingerprint density at radius 1 is 1.57 bits per heavy atom. The molecule has 2 heteroatoms. The summed E-state index contributed by atoms with van der Waals surface area (Å²) in [4.78, 5) is 0. The van der Waals surface area contributed by atoms with Crippen LogP contribution in [0.25, 0.3) is 0 Å². The number of nitrogens with zero attached hydrogens (tertiary/aromatic N) is 1. The van der Waals surface area contributed by atoms with E-state index in [0.29, 0.717) is 5.56 Å². The summed E-state index contributed by atoms with van der Waals surface area (Å²) >= 11 is 0. The zero-order valence-electron chi connectivity index (χ0n) is 8.16. The molecule has 0 saturated carbocycles. The molecule has 0 spiro atoms. The second kappa shape index (κ2) is 4.48. The van der Waals surface area contributed by atoms with Gasteiger partial charge >= 0.3 is 0 Å². The van der Waals surface area contributed by atoms with Gasteiger partial charge in [-0.1, -0.05) is 6.08 Å². The fourth-order valence-corrected chi connectivity index (χ4v) is 1.22. The van der Waals surface area contributed by atoms with Crippen molar-refractivity contribution in [2.45, 2.75) is 5.92 Å². The zero-order valence-corrected chi connectivity index (χ0v) is 8.16. The van der Waals surface area contributed by atoms with Crippen LogP contribution in [-0.2, 0) is 0 Å². The Hall–Kier alpha value is -1.75. The first-order valence-electron chi connectivity index (χ1n) is 4.26. The molecule has 1 atom stereocenters. The Labute approximate surface area is 84.4 Å². The van der Waals surface area contributed by atoms with Crippen molar-refractivity contribution < 1.29 is 4.74 Å². The maximum atomic E-state index is 8.74. The van der Waals surface area contributed by atoms with E-state index in [4.69, 9.17) is 10.00 Å². The highest BCUT2D eigenvalue weighted by atomic mass is 16.5. The average Bonchev–Trinajstić information content (AvgIpc) is 2.27. The van der Waals surface area contributed by atoms with Crippen molar-refractivity contribution in [1.29, 1.82) is 5.26 Å². The van der Waals surface area contributed by atoms with E-state index in [1.54, 1.807) is 31.4 Å². The van der Waals surface area contributed by atoms with E-state index in [1.807, 2.05) is 0 Å². The second-order valence-corrected chi connectivity index (χ2v) is 2.91. The van der Waals surface area contributed by atoms with E-state index in [1.165, 1.54) is 0 Å². The summed E-state index contributed by atoms with van der Waals surface area (Å²) in [5.41, 5.74) is 1.50. The number of hydrogen-bond acceptors (Lipinski definition) is 2. The van der Waals surface area contributed by atoms with Crippen molar-refractivity contribution in [2.75, 3.05) is 7.11 Å². The molecule has 0 saturated heterocycles. The molecule has 0 N–H and O–H groups in total. The number of allylic oxidation sites excluding steroid dienone is 1. The van der Waals surface area contributed by atoms with Crippen LogP contribution in [0.3, 0.4) is 0 Å². The highest BCUT2D eigenvalue weighted by molar-refractivity contribution is 5.45. The molecule has 0 aliphatic heterocycles. The van der Waals surface area contributed by atoms with Gasteiger partial charge in [-0.3, -0.25) is 0 Å². The third-order valence-corrected chi connectivity index (χ3v) is 2.04. The molecule has 0 heterocycles. The number of rotatable bonds is 3. The van der Waals surface area contributed by atoms with Crippen LogP contribution in [0.2, 0.25) is 0 Å². The van der Waals surface area contributed by atoms with E-state index < -0.39 is 0 Å². The minimum Gasteiger partial charge on any atom is -0.496 e. The Morgan fingerprint density at radius 3 is 2.79 bits per heavy atom. The monoisotopic (exact) mass is 186 g/mol. The zero-order chi connectivity index (χ0) is 10.6. The molecule has 0 amide bonds. The normalized spacial score (nSPS) is 11.5. The Kier molecular flexibility index (Phi) is 3.30. The number of methoxy groups -OCH3 is 1. The molecule has 0 bridgehead atoms. The van der Waals surface area contributed by atoms with Crippen molar-refractivity contribution >= 4 is 0 Å². The first-order valence-corrected chi connectivity index (χ1v) is 4.26. The van der Waals surface area contributed by atoms with Crippen LogP contribution in [-0.4, -0.2) is 7.11 Å². The van der Waals surface area contributed by atoms with Gasteiger partial charge < -0.3 is 4.74 Å². The highest BCUT2D eigenvalue weighted by Gasteiger charge is 2.09. The fraction of sp³-hybridized carbons (Fsp3) is 0.167. The van der Waals surface area contributed by atoms with Gasteiger partial charge in [-0.25, -0.2) is 0 Å². The summed E-state index contributed by atoms with van der Waals surface area (Å²) in [5.74, 6) is 0.683. The molecule has 1 rings (SSSR count). The summed E-state index contributed by atoms with van der Waals surface area (Å²) in [6.07, 6.45) is 1.72. The van der Waals surface area contributed by atoms with Crippen LogP contribution in [0, 0.1) is 18.3 Å². The number of ether oxygens (including phenoxy) is 1. The Morgan fingerprint density at radius 2 is 2.29 bits per heavy atom. The quantitative estimate of drug-likeness (QED) is 0.680. The number of nitriles is 1. The van der Waals surface area contributed by atoms with Gasteiger partial charge in [0.2, 0.25) is 0 Å². The molecule has 14 heavy (non-hydrogen) atoms. The van der Waals surface area contributed by atoms with Crippen LogP contribution in [0.4, 0.5) is 0 Å². The summed E-state index contributed by atoms with van der Waals surface area (Å²) in [5, 5.41) is 8.74. The summed E-state index contributed by atoms with van der Waals surface area (Å²) in [6, 6.07) is 7.35. The molecule has 71 valence electrons. The van der Waals surface area contributed by atoms with Gasteiger partial charge in [-0.2, -0.15) is 5.26 Å². The minimum atomic E-state index is -0.0572. The lowest BCUT2D eigenvalue weighted by Gasteiger charge is -2.11. The van der Waals surface area contributed by atoms with E-state index >= 15 is 0 Å². The van der Waals surface area contributed by atoms with Gasteiger partial charge in [0.25, 0.3) is 0 Å². The average molecular weight is 186 g/mol. The van der Waals surface area contributed by atoms with Crippen LogP contribution in [0.15, 0.2) is 30.9 Å². The molecule has 1 aromatic rings. The van der Waals surface area contributed by atoms with Crippen LogP contribution in [0.1, 0.15) is 17.0 Å². The van der Waals surface area contributed by atoms with Gasteiger partial charge in [0.1, 0.15) is 5.75 Å². The molecule has 0 aliphatic rings. The number of benzene rings is 1. The SMILES string of the molecule is [CH2]C(C=C)c1cc(C#N)ccc1OC. The summed E-state index contributed by atoms with van der Waals surface area (Å²) in [7, 11) is 1.60. The van der Waals surface area contributed by atoms with E-state index in [0.717, 1.165) is 11.3 Å². The second-order valence-electron chi connectivity index (χ2n) is 2.91. The third-order valence-electron chi connectivity index (χ3n) is 2.04. The maximum Gasteiger partial charge on any atom is 0.122 e. The summed E-state index contributed by atoms with van der Waals surface area (Å²) < 4.78 is 5.17. The predicted octanol–water partition coefficient (Wildman–Crippen LogP) is 2.67. The van der Waals surface area contributed by atoms with Crippen molar-refractivity contribution in [2.24, 2.45) is 0 Å². The summed E-state index contributed by atoms with van der Waals surface area (Å²) in [6.45, 7) is 7.57. The molecule has 2 nitrogen and oxygen atoms in total. The molecular weight excluding hydrogens is 174 g/mol. The van der Waals surface area contributed by atoms with E-state index in [2.05, 4.69) is 19.6 Å². The smallest absolute Gasteiger partial charge is 0.122 e. The third kappa shape index (κ3) is 1.94. The fourth-order valence-electron chi connectivity index (χ4n) is 1.22. The molecule has 0 fully saturated rings. The van der Waals surface area contributed by atoms with Gasteiger partial charge in [0.05, 0.1) is 18.7 Å². The largest absolute Gasteiger partial charge is 0.496 e. The lowest BCUT2D eigenvalue weighted by molar-refractivity contribution is 0.409. The topological polar surface area (TPSA) is 33.0 Å². The first kappa shape index (κ1) is 10.3. The predicted molar refractivity (Wildman–Crippen MR) is 56.0 cm³/mol. The minimum absolute atomic E-state index is 0.0572. The van der Waals surface area contributed by atoms with E-state index in [-0.39, 0.29) is 5.92 Å². The van der Waals surface area contributed by atoms with Crippen LogP contribution < -0.4 is 4.74 Å². The highest BCUT2D eigenvalue weighted by Crippen LogP contribution is 2.27. The molecule has 1 aromatic carbocycles. The lowest BCUT2D eigenvalue weighted by Crippen LogP contribution is -1.95. The van der Waals surface area contributed by atoms with Gasteiger partial charge in [0.15, 0.2) is 0 Å². The lowest BCUT2D eigenvalue weighted by atomic mass is 9.98. The molecule has 1 radical (unpaired) electrons. The van der Waals surface area contributed by atoms with Gasteiger partial charge in [0, 0.05) is 11.5 Å². The van der Waals surface area contributed by atoms with Gasteiger partial charge in [-0.05, 0) is 25.1 Å². The van der Waals surface area contributed by atoms with Crippen LogP contribution >= 0.6 is 0 Å². The molecule has 0 aliphatic carbocycles. The first-order chi connectivity index (χ1) is 6.72. The van der Waals surface area contributed by atoms with Crippen molar-refractivity contribution in [1.82, 2.24) is 0 Å². The standard InChI is InChI=1S/C12H12NO/c1-4-9(2)11-7-10(8-13)5-6-12(11)14-3/h4-7,9H,1-2H2,3H3. The van der Waals surface area contributed by atoms with Crippen molar-refractivity contribution in [3.8, 4) is 11.8 Å². The number of hydrogen-bond donors (Lipinski definition) is 0. The van der Waals surface area contributed by atoms with E-state index in [9.17, 15) is 0 Å². The molecule has 1 unspecified atom stereocenters.